The Morgan fingerprint density at radius 3 is 2.47 bits per heavy atom. The number of carbonyl (C=O) groups is 1. The van der Waals surface area contributed by atoms with E-state index in [1.54, 1.807) is 20.1 Å². The zero-order valence-corrected chi connectivity index (χ0v) is 9.74. The van der Waals surface area contributed by atoms with Gasteiger partial charge in [-0.2, -0.15) is 4.39 Å². The van der Waals surface area contributed by atoms with Crippen LogP contribution in [0, 0.1) is 0 Å². The molecule has 0 saturated heterocycles. The van der Waals surface area contributed by atoms with Crippen LogP contribution in [0.4, 0.5) is 4.39 Å². The van der Waals surface area contributed by atoms with Gasteiger partial charge in [-0.25, -0.2) is 0 Å². The van der Waals surface area contributed by atoms with Crippen molar-refractivity contribution in [2.24, 2.45) is 0 Å². The summed E-state index contributed by atoms with van der Waals surface area (Å²) in [6, 6.07) is 9.80. The fourth-order valence-corrected chi connectivity index (χ4v) is 1.77. The molecule has 0 amide bonds. The Morgan fingerprint density at radius 1 is 1.18 bits per heavy atom. The number of ether oxygens (including phenoxy) is 1. The van der Waals surface area contributed by atoms with Crippen molar-refractivity contribution in [1.29, 1.82) is 0 Å². The second kappa shape index (κ2) is 4.53. The fraction of sp³-hybridized carbons (Fsp3) is 0.214. The summed E-state index contributed by atoms with van der Waals surface area (Å²) < 4.78 is 17.8. The van der Waals surface area contributed by atoms with Crippen molar-refractivity contribution in [1.82, 2.24) is 0 Å². The van der Waals surface area contributed by atoms with Crippen LogP contribution in [0.5, 0.6) is 5.75 Å². The third-order valence-corrected chi connectivity index (χ3v) is 2.91. The Kier molecular flexibility index (Phi) is 3.09. The van der Waals surface area contributed by atoms with E-state index in [1.807, 2.05) is 30.3 Å². The van der Waals surface area contributed by atoms with E-state index in [2.05, 4.69) is 0 Å². The number of hydrogen-bond acceptors (Lipinski definition) is 2. The molecule has 17 heavy (non-hydrogen) atoms. The summed E-state index contributed by atoms with van der Waals surface area (Å²) in [6.07, 6.45) is 0. The van der Waals surface area contributed by atoms with Crippen LogP contribution in [0.2, 0.25) is 0 Å². The molecule has 0 spiro atoms. The first-order valence-corrected chi connectivity index (χ1v) is 5.39. The van der Waals surface area contributed by atoms with E-state index < -0.39 is 12.0 Å². The fourth-order valence-electron chi connectivity index (χ4n) is 1.77. The Bertz CT molecular complexity index is 563. The number of methoxy groups -OCH3 is 1. The van der Waals surface area contributed by atoms with E-state index in [0.717, 1.165) is 16.5 Å². The van der Waals surface area contributed by atoms with Crippen LogP contribution in [-0.2, 0) is 4.79 Å². The lowest BCUT2D eigenvalue weighted by atomic mass is 9.98. The van der Waals surface area contributed by atoms with Gasteiger partial charge in [-0.15, -0.1) is 0 Å². The molecule has 0 N–H and O–H groups in total. The molecular weight excluding hydrogens is 219 g/mol. The zero-order valence-electron chi connectivity index (χ0n) is 9.74. The van der Waals surface area contributed by atoms with Crippen LogP contribution in [0.1, 0.15) is 18.4 Å². The largest absolute Gasteiger partial charge is 0.497 e. The van der Waals surface area contributed by atoms with Crippen LogP contribution >= 0.6 is 0 Å². The van der Waals surface area contributed by atoms with Crippen LogP contribution in [0.3, 0.4) is 0 Å². The molecule has 2 nitrogen and oxygen atoms in total. The summed E-state index contributed by atoms with van der Waals surface area (Å²) >= 11 is 0. The van der Waals surface area contributed by atoms with E-state index in [1.165, 1.54) is 0 Å². The van der Waals surface area contributed by atoms with Gasteiger partial charge in [0, 0.05) is 0 Å². The second-order valence-electron chi connectivity index (χ2n) is 4.00. The highest BCUT2D eigenvalue weighted by Crippen LogP contribution is 2.25. The average Bonchev–Trinajstić information content (AvgIpc) is 2.36. The number of fused-ring (bicyclic) bond motifs is 1. The minimum Gasteiger partial charge on any atom is -0.497 e. The number of rotatable bonds is 3. The molecule has 0 saturated carbocycles. The van der Waals surface area contributed by atoms with E-state index >= 15 is 0 Å². The monoisotopic (exact) mass is 232 g/mol. The van der Waals surface area contributed by atoms with Crippen molar-refractivity contribution in [2.45, 2.75) is 12.8 Å². The topological polar surface area (TPSA) is 26.3 Å². The second-order valence-corrected chi connectivity index (χ2v) is 4.00. The molecule has 1 atom stereocenters. The highest BCUT2D eigenvalue weighted by Gasteiger charge is 2.14. The predicted octanol–water partition coefficient (Wildman–Crippen LogP) is 3.45. The minimum absolute atomic E-state index is 0.690. The molecule has 0 unspecified atom stereocenters. The highest BCUT2D eigenvalue weighted by molar-refractivity contribution is 5.86. The lowest BCUT2D eigenvalue weighted by molar-refractivity contribution is -0.130. The first kappa shape index (κ1) is 11.6. The van der Waals surface area contributed by atoms with Gasteiger partial charge in [0.2, 0.25) is 0 Å². The number of benzene rings is 2. The maximum Gasteiger partial charge on any atom is 0.308 e. The van der Waals surface area contributed by atoms with Gasteiger partial charge in [-0.1, -0.05) is 24.3 Å². The first-order valence-electron chi connectivity index (χ1n) is 5.39. The van der Waals surface area contributed by atoms with Gasteiger partial charge >= 0.3 is 6.04 Å². The highest BCUT2D eigenvalue weighted by atomic mass is 19.1. The van der Waals surface area contributed by atoms with Crippen molar-refractivity contribution in [2.75, 3.05) is 7.11 Å². The first-order chi connectivity index (χ1) is 8.11. The van der Waals surface area contributed by atoms with Gasteiger partial charge < -0.3 is 4.74 Å². The number of halogens is 1. The quantitative estimate of drug-likeness (QED) is 0.757. The summed E-state index contributed by atoms with van der Waals surface area (Å²) in [6.45, 7) is 1.56. The molecule has 0 aliphatic rings. The summed E-state index contributed by atoms with van der Waals surface area (Å²) in [7, 11) is 1.61. The van der Waals surface area contributed by atoms with Crippen LogP contribution in [-0.4, -0.2) is 13.1 Å². The molecule has 0 bridgehead atoms. The average molecular weight is 232 g/mol. The zero-order chi connectivity index (χ0) is 12.4. The molecule has 0 aliphatic carbocycles. The molecular formula is C14H13FO2. The maximum absolute atomic E-state index is 12.6. The van der Waals surface area contributed by atoms with Crippen molar-refractivity contribution < 1.29 is 13.9 Å². The molecule has 0 radical (unpaired) electrons. The summed E-state index contributed by atoms with van der Waals surface area (Å²) in [5, 5.41) is 1.98. The predicted molar refractivity (Wildman–Crippen MR) is 65.0 cm³/mol. The number of carbonyl (C=O) groups excluding carboxylic acids is 1. The van der Waals surface area contributed by atoms with Crippen LogP contribution in [0.25, 0.3) is 10.8 Å². The Balaban J connectivity index is 2.48. The van der Waals surface area contributed by atoms with E-state index in [0.29, 0.717) is 5.56 Å². The van der Waals surface area contributed by atoms with Crippen LogP contribution in [0.15, 0.2) is 36.4 Å². The summed E-state index contributed by atoms with van der Waals surface area (Å²) in [5.74, 6) is 0.0707. The van der Waals surface area contributed by atoms with Gasteiger partial charge in [0.15, 0.2) is 0 Å². The minimum atomic E-state index is -1.31. The van der Waals surface area contributed by atoms with E-state index in [9.17, 15) is 9.18 Å². The van der Waals surface area contributed by atoms with Gasteiger partial charge in [0.05, 0.1) is 13.0 Å². The molecule has 0 fully saturated rings. The molecule has 2 aromatic carbocycles. The third kappa shape index (κ3) is 2.28. The Labute approximate surface area is 99.0 Å². The molecule has 0 heterocycles. The maximum atomic E-state index is 12.6. The summed E-state index contributed by atoms with van der Waals surface area (Å²) in [5.41, 5.74) is 0.690. The van der Waals surface area contributed by atoms with Gasteiger partial charge in [0.25, 0.3) is 0 Å². The van der Waals surface area contributed by atoms with Crippen molar-refractivity contribution >= 4 is 16.8 Å². The smallest absolute Gasteiger partial charge is 0.308 e. The Hall–Kier alpha value is -1.90. The standard InChI is InChI=1S/C14H13FO2/c1-9(14(15)16)10-3-4-12-8-13(17-2)6-5-11(12)7-10/h3-9H,1-2H3/t9-/m0/s1. The summed E-state index contributed by atoms with van der Waals surface area (Å²) in [4.78, 5) is 10.7. The normalized spacial score (nSPS) is 12.4. The third-order valence-electron chi connectivity index (χ3n) is 2.91. The van der Waals surface area contributed by atoms with Crippen molar-refractivity contribution in [3.63, 3.8) is 0 Å². The van der Waals surface area contributed by atoms with Crippen molar-refractivity contribution in [3.8, 4) is 5.75 Å². The molecule has 2 aromatic rings. The van der Waals surface area contributed by atoms with Gasteiger partial charge in [-0.05, 0) is 35.4 Å². The molecule has 2 rings (SSSR count). The van der Waals surface area contributed by atoms with Gasteiger partial charge in [-0.3, -0.25) is 4.79 Å². The molecule has 0 aromatic heterocycles. The van der Waals surface area contributed by atoms with E-state index in [-0.39, 0.29) is 0 Å². The Morgan fingerprint density at radius 2 is 1.82 bits per heavy atom. The van der Waals surface area contributed by atoms with Gasteiger partial charge in [0.1, 0.15) is 5.75 Å². The lowest BCUT2D eigenvalue weighted by Crippen LogP contribution is -2.02. The SMILES string of the molecule is COc1ccc2cc([C@H](C)C(=O)F)ccc2c1. The molecule has 88 valence electrons. The van der Waals surface area contributed by atoms with Crippen LogP contribution < -0.4 is 4.74 Å². The molecule has 0 aliphatic heterocycles. The molecule has 3 heteroatoms. The lowest BCUT2D eigenvalue weighted by Gasteiger charge is -2.08. The van der Waals surface area contributed by atoms with E-state index in [4.69, 9.17) is 4.74 Å². The number of hydrogen-bond donors (Lipinski definition) is 0. The van der Waals surface area contributed by atoms with Crippen molar-refractivity contribution in [3.05, 3.63) is 42.0 Å².